The van der Waals surface area contributed by atoms with Crippen molar-refractivity contribution in [2.45, 2.75) is 11.3 Å². The molecule has 0 nitrogen and oxygen atoms in total. The smallest absolute Gasteiger partial charge is 0.0666 e. The Kier molecular flexibility index (Phi) is 2.07. The number of rotatable bonds is 0. The van der Waals surface area contributed by atoms with E-state index in [0.29, 0.717) is 0 Å². The van der Waals surface area contributed by atoms with Crippen molar-refractivity contribution in [2.75, 3.05) is 5.75 Å². The first kappa shape index (κ1) is 8.56. The average Bonchev–Trinajstić information content (AvgIpc) is 2.63. The van der Waals surface area contributed by atoms with E-state index in [0.717, 1.165) is 0 Å². The Morgan fingerprint density at radius 1 is 1.23 bits per heavy atom. The molecule has 3 rings (SSSR count). The van der Waals surface area contributed by atoms with Crippen LogP contribution in [0.15, 0.2) is 23.1 Å². The molecule has 0 saturated heterocycles. The van der Waals surface area contributed by atoms with Gasteiger partial charge in [-0.1, -0.05) is 0 Å². The third-order valence-corrected chi connectivity index (χ3v) is 5.26. The van der Waals surface area contributed by atoms with Crippen molar-refractivity contribution in [3.8, 4) is 0 Å². The lowest BCUT2D eigenvalue weighted by atomic mass is 10.1. The van der Waals surface area contributed by atoms with Crippen LogP contribution in [0, 0.1) is 2.88 Å². The molecule has 2 heterocycles. The van der Waals surface area contributed by atoms with Crippen molar-refractivity contribution >= 4 is 55.8 Å². The van der Waals surface area contributed by atoms with Gasteiger partial charge in [0.15, 0.2) is 0 Å². The van der Waals surface area contributed by atoms with Gasteiger partial charge in [0.25, 0.3) is 0 Å². The lowest BCUT2D eigenvalue weighted by Crippen LogP contribution is -1.78. The summed E-state index contributed by atoms with van der Waals surface area (Å²) < 4.78 is 2.84. The van der Waals surface area contributed by atoms with Crippen molar-refractivity contribution < 1.29 is 0 Å². The second-order valence-electron chi connectivity index (χ2n) is 3.15. The van der Waals surface area contributed by atoms with E-state index in [-0.39, 0.29) is 0 Å². The van der Waals surface area contributed by atoms with Gasteiger partial charge < -0.3 is 0 Å². The van der Waals surface area contributed by atoms with Gasteiger partial charge in [-0.05, 0) is 58.2 Å². The van der Waals surface area contributed by atoms with Gasteiger partial charge in [0.2, 0.25) is 0 Å². The highest BCUT2D eigenvalue weighted by atomic mass is 127. The van der Waals surface area contributed by atoms with Crippen molar-refractivity contribution in [1.82, 2.24) is 0 Å². The predicted molar refractivity (Wildman–Crippen MR) is 69.0 cm³/mol. The Morgan fingerprint density at radius 2 is 2.15 bits per heavy atom. The molecule has 0 bridgehead atoms. The van der Waals surface area contributed by atoms with E-state index < -0.39 is 0 Å². The van der Waals surface area contributed by atoms with Gasteiger partial charge in [0.1, 0.15) is 0 Å². The maximum atomic E-state index is 2.40. The zero-order valence-corrected chi connectivity index (χ0v) is 10.6. The normalized spacial score (nSPS) is 15.2. The average molecular weight is 318 g/mol. The molecule has 1 aliphatic heterocycles. The van der Waals surface area contributed by atoms with E-state index in [1.807, 2.05) is 23.1 Å². The van der Waals surface area contributed by atoms with Gasteiger partial charge >= 0.3 is 0 Å². The van der Waals surface area contributed by atoms with Crippen LogP contribution < -0.4 is 0 Å². The molecular weight excluding hydrogens is 311 g/mol. The lowest BCUT2D eigenvalue weighted by Gasteiger charge is -1.96. The van der Waals surface area contributed by atoms with Crippen LogP contribution in [0.1, 0.15) is 5.56 Å². The quantitative estimate of drug-likeness (QED) is 0.658. The Morgan fingerprint density at radius 3 is 3.08 bits per heavy atom. The van der Waals surface area contributed by atoms with Crippen molar-refractivity contribution in [2.24, 2.45) is 0 Å². The number of thiophene rings is 1. The maximum absolute atomic E-state index is 2.40. The van der Waals surface area contributed by atoms with Crippen LogP contribution >= 0.6 is 45.7 Å². The molecule has 0 aliphatic carbocycles. The summed E-state index contributed by atoms with van der Waals surface area (Å²) in [5.74, 6) is 1.27. The summed E-state index contributed by atoms with van der Waals surface area (Å²) in [6.45, 7) is 0. The maximum Gasteiger partial charge on any atom is 0.0666 e. The highest BCUT2D eigenvalue weighted by Gasteiger charge is 2.13. The van der Waals surface area contributed by atoms with Gasteiger partial charge in [-0.3, -0.25) is 0 Å². The molecule has 2 aromatic rings. The summed E-state index contributed by atoms with van der Waals surface area (Å²) in [6, 6.07) is 7.00. The monoisotopic (exact) mass is 318 g/mol. The molecule has 0 spiro atoms. The van der Waals surface area contributed by atoms with Crippen molar-refractivity contribution in [1.29, 1.82) is 0 Å². The number of fused-ring (bicyclic) bond motifs is 2. The lowest BCUT2D eigenvalue weighted by molar-refractivity contribution is 1.16. The fourth-order valence-corrected chi connectivity index (χ4v) is 4.66. The van der Waals surface area contributed by atoms with Gasteiger partial charge in [-0.2, -0.15) is 0 Å². The summed E-state index contributed by atoms with van der Waals surface area (Å²) >= 11 is 6.29. The predicted octanol–water partition coefficient (Wildman–Crippen LogP) is 4.15. The Hall–Kier alpha value is 0.260. The second kappa shape index (κ2) is 3.14. The van der Waals surface area contributed by atoms with Gasteiger partial charge in [0.05, 0.1) is 2.88 Å². The van der Waals surface area contributed by atoms with E-state index in [1.165, 1.54) is 30.0 Å². The van der Waals surface area contributed by atoms with Crippen LogP contribution in [0.3, 0.4) is 0 Å². The van der Waals surface area contributed by atoms with E-state index >= 15 is 0 Å². The zero-order valence-electron chi connectivity index (χ0n) is 6.84. The van der Waals surface area contributed by atoms with Crippen LogP contribution in [-0.2, 0) is 6.42 Å². The van der Waals surface area contributed by atoms with E-state index in [4.69, 9.17) is 0 Å². The molecule has 1 aromatic carbocycles. The first-order chi connectivity index (χ1) is 6.33. The molecule has 0 unspecified atom stereocenters. The largest absolute Gasteiger partial charge is 0.129 e. The molecule has 1 aromatic heterocycles. The molecule has 1 aliphatic rings. The molecule has 3 heteroatoms. The minimum Gasteiger partial charge on any atom is -0.129 e. The molecular formula is C10H7IS2. The third-order valence-electron chi connectivity index (χ3n) is 2.30. The first-order valence-electron chi connectivity index (χ1n) is 4.18. The SMILES string of the molecule is Ic1cc2cc3c(cc2s1)CCS3. The van der Waals surface area contributed by atoms with E-state index in [9.17, 15) is 0 Å². The number of hydrogen-bond acceptors (Lipinski definition) is 2. The Balaban J connectivity index is 2.35. The van der Waals surface area contributed by atoms with Crippen LogP contribution in [0.25, 0.3) is 10.1 Å². The minimum atomic E-state index is 1.25. The molecule has 0 N–H and O–H groups in total. The number of aryl methyl sites for hydroxylation is 1. The summed E-state index contributed by atoms with van der Waals surface area (Å²) in [5.41, 5.74) is 1.55. The van der Waals surface area contributed by atoms with Crippen molar-refractivity contribution in [3.63, 3.8) is 0 Å². The molecule has 0 amide bonds. The van der Waals surface area contributed by atoms with Gasteiger partial charge in [-0.15, -0.1) is 23.1 Å². The van der Waals surface area contributed by atoms with Crippen LogP contribution in [0.5, 0.6) is 0 Å². The topological polar surface area (TPSA) is 0 Å². The van der Waals surface area contributed by atoms with Crippen molar-refractivity contribution in [3.05, 3.63) is 26.6 Å². The highest BCUT2D eigenvalue weighted by Crippen LogP contribution is 2.37. The fraction of sp³-hybridized carbons (Fsp3) is 0.200. The second-order valence-corrected chi connectivity index (χ2v) is 7.26. The molecule has 0 fully saturated rings. The Labute approximate surface area is 98.9 Å². The number of benzene rings is 1. The van der Waals surface area contributed by atoms with Crippen LogP contribution in [-0.4, -0.2) is 5.75 Å². The number of halogens is 1. The Bertz CT molecular complexity index is 432. The van der Waals surface area contributed by atoms with Crippen LogP contribution in [0.2, 0.25) is 0 Å². The minimum absolute atomic E-state index is 1.25. The number of thioether (sulfide) groups is 1. The molecule has 0 atom stereocenters. The third kappa shape index (κ3) is 1.41. The standard InChI is InChI=1S/C10H7IS2/c11-10-5-7-4-8-6(1-2-12-8)3-9(7)13-10/h3-5H,1-2H2. The molecule has 13 heavy (non-hydrogen) atoms. The number of hydrogen-bond donors (Lipinski definition) is 0. The van der Waals surface area contributed by atoms with E-state index in [2.05, 4.69) is 40.8 Å². The van der Waals surface area contributed by atoms with Gasteiger partial charge in [0, 0.05) is 15.3 Å². The summed E-state index contributed by atoms with van der Waals surface area (Å²) in [7, 11) is 0. The first-order valence-corrected chi connectivity index (χ1v) is 7.06. The van der Waals surface area contributed by atoms with E-state index in [1.54, 1.807) is 5.56 Å². The summed E-state index contributed by atoms with van der Waals surface area (Å²) in [5, 5.41) is 1.42. The summed E-state index contributed by atoms with van der Waals surface area (Å²) in [4.78, 5) is 1.50. The fourth-order valence-electron chi connectivity index (χ4n) is 1.68. The molecule has 66 valence electrons. The molecule has 0 saturated carbocycles. The summed E-state index contributed by atoms with van der Waals surface area (Å²) in [6.07, 6.45) is 1.25. The highest BCUT2D eigenvalue weighted by molar-refractivity contribution is 14.1. The molecule has 0 radical (unpaired) electrons. The van der Waals surface area contributed by atoms with Crippen LogP contribution in [0.4, 0.5) is 0 Å². The zero-order chi connectivity index (χ0) is 8.84. The van der Waals surface area contributed by atoms with Gasteiger partial charge in [-0.25, -0.2) is 0 Å².